The second-order valence-corrected chi connectivity index (χ2v) is 8.03. The second kappa shape index (κ2) is 11.3. The number of carbonyl (C=O) groups is 1. The lowest BCUT2D eigenvalue weighted by Gasteiger charge is -2.14. The third-order valence-corrected chi connectivity index (χ3v) is 4.97. The molecule has 26 heavy (non-hydrogen) atoms. The average Bonchev–Trinajstić information content (AvgIpc) is 2.56. The molecule has 1 atom stereocenters. The molecule has 7 nitrogen and oxygen atoms in total. The molecule has 1 aromatic carbocycles. The minimum Gasteiger partial charge on any atom is -0.379 e. The van der Waals surface area contributed by atoms with Crippen LogP contribution in [0.5, 0.6) is 0 Å². The smallest absolute Gasteiger partial charge is 0.249 e. The van der Waals surface area contributed by atoms with Gasteiger partial charge in [-0.15, -0.1) is 0 Å². The van der Waals surface area contributed by atoms with Gasteiger partial charge in [0.1, 0.15) is 6.10 Å². The molecule has 0 bridgehead atoms. The van der Waals surface area contributed by atoms with Crippen molar-refractivity contribution in [2.75, 3.05) is 19.8 Å². The van der Waals surface area contributed by atoms with E-state index in [-0.39, 0.29) is 17.7 Å². The van der Waals surface area contributed by atoms with Crippen molar-refractivity contribution in [3.63, 3.8) is 0 Å². The van der Waals surface area contributed by atoms with Gasteiger partial charge in [0.05, 0.1) is 19.0 Å². The summed E-state index contributed by atoms with van der Waals surface area (Å²) in [6.07, 6.45) is -0.554. The van der Waals surface area contributed by atoms with Crippen LogP contribution in [0.4, 0.5) is 0 Å². The zero-order valence-corrected chi connectivity index (χ0v) is 16.8. The van der Waals surface area contributed by atoms with E-state index in [9.17, 15) is 13.2 Å². The maximum atomic E-state index is 12.0. The highest BCUT2D eigenvalue weighted by Gasteiger charge is 2.14. The van der Waals surface area contributed by atoms with Gasteiger partial charge in [0, 0.05) is 19.2 Å². The van der Waals surface area contributed by atoms with E-state index in [0.717, 1.165) is 5.56 Å². The fraction of sp³-hybridized carbons (Fsp3) is 0.611. The molecule has 0 spiro atoms. The molecule has 0 saturated carbocycles. The van der Waals surface area contributed by atoms with Crippen molar-refractivity contribution >= 4 is 15.9 Å². The molecule has 0 aliphatic rings. The molecule has 148 valence electrons. The Labute approximate surface area is 156 Å². The Morgan fingerprint density at radius 3 is 2.27 bits per heavy atom. The Bertz CT molecular complexity index is 644. The highest BCUT2D eigenvalue weighted by molar-refractivity contribution is 7.88. The van der Waals surface area contributed by atoms with Gasteiger partial charge in [-0.1, -0.05) is 24.3 Å². The van der Waals surface area contributed by atoms with E-state index in [0.29, 0.717) is 31.9 Å². The number of hydrogen-bond acceptors (Lipinski definition) is 5. The van der Waals surface area contributed by atoms with Crippen LogP contribution >= 0.6 is 0 Å². The number of nitrogens with one attached hydrogen (secondary N) is 2. The molecule has 1 rings (SSSR count). The van der Waals surface area contributed by atoms with E-state index in [1.165, 1.54) is 0 Å². The van der Waals surface area contributed by atoms with Gasteiger partial charge < -0.3 is 14.8 Å². The van der Waals surface area contributed by atoms with Gasteiger partial charge in [0.15, 0.2) is 0 Å². The largest absolute Gasteiger partial charge is 0.379 e. The summed E-state index contributed by atoms with van der Waals surface area (Å²) in [6, 6.07) is 6.99. The van der Waals surface area contributed by atoms with Crippen LogP contribution in [0.2, 0.25) is 0 Å². The lowest BCUT2D eigenvalue weighted by Crippen LogP contribution is -2.34. The van der Waals surface area contributed by atoms with Gasteiger partial charge in [-0.2, -0.15) is 0 Å². The van der Waals surface area contributed by atoms with Gasteiger partial charge in [-0.3, -0.25) is 4.79 Å². The van der Waals surface area contributed by atoms with Crippen molar-refractivity contribution in [1.29, 1.82) is 0 Å². The average molecular weight is 387 g/mol. The van der Waals surface area contributed by atoms with E-state index >= 15 is 0 Å². The lowest BCUT2D eigenvalue weighted by atomic mass is 10.1. The van der Waals surface area contributed by atoms with Crippen molar-refractivity contribution in [3.05, 3.63) is 35.4 Å². The fourth-order valence-electron chi connectivity index (χ4n) is 2.21. The summed E-state index contributed by atoms with van der Waals surface area (Å²) < 4.78 is 36.9. The van der Waals surface area contributed by atoms with E-state index in [1.54, 1.807) is 45.0 Å². The molecule has 1 unspecified atom stereocenters. The Balaban J connectivity index is 2.43. The zero-order valence-electron chi connectivity index (χ0n) is 15.9. The van der Waals surface area contributed by atoms with E-state index in [1.807, 2.05) is 6.92 Å². The van der Waals surface area contributed by atoms with Crippen LogP contribution in [-0.2, 0) is 36.6 Å². The zero-order chi connectivity index (χ0) is 19.6. The summed E-state index contributed by atoms with van der Waals surface area (Å²) in [5.74, 6) is -0.267. The molecule has 0 radical (unpaired) electrons. The molecule has 1 aromatic rings. The minimum absolute atomic E-state index is 0.0669. The van der Waals surface area contributed by atoms with Crippen LogP contribution in [0, 0.1) is 0 Å². The van der Waals surface area contributed by atoms with Crippen LogP contribution in [0.3, 0.4) is 0 Å². The standard InChI is InChI=1S/C18H30N2O5S/c1-5-24-10-11-25-15(4)18(21)19-12-16-6-8-17(9-7-16)13-26(22,23)20-14(2)3/h6-9,14-15,20H,5,10-13H2,1-4H3,(H,19,21). The maximum absolute atomic E-state index is 12.0. The molecular formula is C18H30N2O5S. The number of ether oxygens (including phenoxy) is 2. The monoisotopic (exact) mass is 386 g/mol. The highest BCUT2D eigenvalue weighted by Crippen LogP contribution is 2.08. The number of carbonyl (C=O) groups excluding carboxylic acids is 1. The van der Waals surface area contributed by atoms with Crippen LogP contribution < -0.4 is 10.0 Å². The number of amides is 1. The molecule has 0 aromatic heterocycles. The van der Waals surface area contributed by atoms with Gasteiger partial charge in [-0.25, -0.2) is 13.1 Å². The first kappa shape index (κ1) is 22.6. The van der Waals surface area contributed by atoms with E-state index in [4.69, 9.17) is 9.47 Å². The number of benzene rings is 1. The molecule has 1 amide bonds. The minimum atomic E-state index is -3.34. The highest BCUT2D eigenvalue weighted by atomic mass is 32.2. The Morgan fingerprint density at radius 2 is 1.69 bits per heavy atom. The number of sulfonamides is 1. The molecule has 0 aliphatic carbocycles. The first-order valence-electron chi connectivity index (χ1n) is 8.78. The van der Waals surface area contributed by atoms with Crippen molar-refractivity contribution in [3.8, 4) is 0 Å². The van der Waals surface area contributed by atoms with E-state index < -0.39 is 16.1 Å². The first-order chi connectivity index (χ1) is 12.2. The molecule has 0 fully saturated rings. The maximum Gasteiger partial charge on any atom is 0.249 e. The first-order valence-corrected chi connectivity index (χ1v) is 10.4. The van der Waals surface area contributed by atoms with Gasteiger partial charge in [0.2, 0.25) is 15.9 Å². The topological polar surface area (TPSA) is 93.7 Å². The molecule has 2 N–H and O–H groups in total. The lowest BCUT2D eigenvalue weighted by molar-refractivity contribution is -0.132. The van der Waals surface area contributed by atoms with Gasteiger partial charge >= 0.3 is 0 Å². The Hall–Kier alpha value is -1.48. The normalized spacial score (nSPS) is 13.0. The van der Waals surface area contributed by atoms with Crippen LogP contribution in [0.15, 0.2) is 24.3 Å². The Kier molecular flexibility index (Phi) is 9.79. The molecule has 0 aliphatic heterocycles. The van der Waals surface area contributed by atoms with Crippen molar-refractivity contribution < 1.29 is 22.7 Å². The predicted molar refractivity (Wildman–Crippen MR) is 101 cm³/mol. The summed E-state index contributed by atoms with van der Waals surface area (Å²) in [7, 11) is -3.34. The SMILES string of the molecule is CCOCCOC(C)C(=O)NCc1ccc(CS(=O)(=O)NC(C)C)cc1. The fourth-order valence-corrected chi connectivity index (χ4v) is 3.64. The third-order valence-electron chi connectivity index (χ3n) is 3.43. The third kappa shape index (κ3) is 9.28. The van der Waals surface area contributed by atoms with Crippen molar-refractivity contribution in [2.24, 2.45) is 0 Å². The summed E-state index contributed by atoms with van der Waals surface area (Å²) in [5, 5.41) is 2.80. The summed E-state index contributed by atoms with van der Waals surface area (Å²) in [4.78, 5) is 12.0. The summed E-state index contributed by atoms with van der Waals surface area (Å²) in [6.45, 7) is 8.97. The Morgan fingerprint density at radius 1 is 1.08 bits per heavy atom. The second-order valence-electron chi connectivity index (χ2n) is 6.28. The predicted octanol–water partition coefficient (Wildman–Crippen LogP) is 1.57. The van der Waals surface area contributed by atoms with Crippen LogP contribution in [0.1, 0.15) is 38.8 Å². The van der Waals surface area contributed by atoms with Crippen LogP contribution in [0.25, 0.3) is 0 Å². The molecule has 8 heteroatoms. The summed E-state index contributed by atoms with van der Waals surface area (Å²) in [5.41, 5.74) is 1.58. The summed E-state index contributed by atoms with van der Waals surface area (Å²) >= 11 is 0. The van der Waals surface area contributed by atoms with Crippen LogP contribution in [-0.4, -0.2) is 46.3 Å². The number of hydrogen-bond donors (Lipinski definition) is 2. The molecule has 0 saturated heterocycles. The van der Waals surface area contributed by atoms with Crippen molar-refractivity contribution in [1.82, 2.24) is 10.0 Å². The van der Waals surface area contributed by atoms with Crippen molar-refractivity contribution in [2.45, 2.75) is 52.1 Å². The number of rotatable bonds is 12. The molecular weight excluding hydrogens is 356 g/mol. The van der Waals surface area contributed by atoms with Gasteiger partial charge in [-0.05, 0) is 38.8 Å². The molecule has 0 heterocycles. The van der Waals surface area contributed by atoms with E-state index in [2.05, 4.69) is 10.0 Å². The van der Waals surface area contributed by atoms with Gasteiger partial charge in [0.25, 0.3) is 0 Å². The quantitative estimate of drug-likeness (QED) is 0.532.